The van der Waals surface area contributed by atoms with E-state index in [2.05, 4.69) is 5.32 Å². The van der Waals surface area contributed by atoms with E-state index < -0.39 is 17.8 Å². The van der Waals surface area contributed by atoms with Gasteiger partial charge in [-0.15, -0.1) is 0 Å². The summed E-state index contributed by atoms with van der Waals surface area (Å²) in [5.74, 6) is 0. The number of nitrogens with one attached hydrogen (secondary N) is 1. The van der Waals surface area contributed by atoms with Crippen LogP contribution in [0.3, 0.4) is 0 Å². The lowest BCUT2D eigenvalue weighted by Crippen LogP contribution is -2.43. The van der Waals surface area contributed by atoms with Crippen molar-refractivity contribution in [1.82, 2.24) is 5.32 Å². The molecule has 0 aromatic heterocycles. The first-order chi connectivity index (χ1) is 7.97. The summed E-state index contributed by atoms with van der Waals surface area (Å²) in [5, 5.41) is 12.9. The molecule has 1 fully saturated rings. The van der Waals surface area contributed by atoms with Crippen LogP contribution in [-0.2, 0) is 6.18 Å². The van der Waals surface area contributed by atoms with Crippen molar-refractivity contribution in [3.05, 3.63) is 35.4 Å². The van der Waals surface area contributed by atoms with Gasteiger partial charge in [-0.3, -0.25) is 0 Å². The van der Waals surface area contributed by atoms with Crippen LogP contribution >= 0.6 is 0 Å². The lowest BCUT2D eigenvalue weighted by molar-refractivity contribution is -0.137. The fourth-order valence-electron chi connectivity index (χ4n) is 1.88. The van der Waals surface area contributed by atoms with Crippen molar-refractivity contribution in [2.24, 2.45) is 0 Å². The van der Waals surface area contributed by atoms with Crippen molar-refractivity contribution >= 4 is 0 Å². The van der Waals surface area contributed by atoms with E-state index in [4.69, 9.17) is 0 Å². The number of aliphatic hydroxyl groups is 1. The second kappa shape index (κ2) is 4.66. The van der Waals surface area contributed by atoms with Crippen molar-refractivity contribution in [2.75, 3.05) is 6.54 Å². The van der Waals surface area contributed by atoms with Crippen molar-refractivity contribution < 1.29 is 18.3 Å². The van der Waals surface area contributed by atoms with Crippen LogP contribution in [0.4, 0.5) is 13.2 Å². The third-order valence-electron chi connectivity index (χ3n) is 3.03. The van der Waals surface area contributed by atoms with Crippen LogP contribution in [0, 0.1) is 0 Å². The molecule has 17 heavy (non-hydrogen) atoms. The first-order valence-electron chi connectivity index (χ1n) is 5.55. The molecule has 1 aromatic rings. The SMILES string of the molecule is OC(CC1CCN1)c1cccc(C(F)(F)F)c1. The van der Waals surface area contributed by atoms with Gasteiger partial charge in [-0.25, -0.2) is 0 Å². The first kappa shape index (κ1) is 12.4. The molecule has 2 N–H and O–H groups in total. The summed E-state index contributed by atoms with van der Waals surface area (Å²) in [6.45, 7) is 0.917. The number of hydrogen-bond donors (Lipinski definition) is 2. The average Bonchev–Trinajstić information content (AvgIpc) is 2.22. The Morgan fingerprint density at radius 2 is 2.12 bits per heavy atom. The Labute approximate surface area is 97.5 Å². The minimum atomic E-state index is -4.36. The minimum Gasteiger partial charge on any atom is -0.388 e. The summed E-state index contributed by atoms with van der Waals surface area (Å²) in [4.78, 5) is 0. The predicted octanol–water partition coefficient (Wildman–Crippen LogP) is 2.49. The van der Waals surface area contributed by atoms with Crippen LogP contribution in [0.25, 0.3) is 0 Å². The van der Waals surface area contributed by atoms with Crippen LogP contribution in [-0.4, -0.2) is 17.7 Å². The summed E-state index contributed by atoms with van der Waals surface area (Å²) >= 11 is 0. The maximum Gasteiger partial charge on any atom is 0.416 e. The second-order valence-electron chi connectivity index (χ2n) is 4.31. The summed E-state index contributed by atoms with van der Waals surface area (Å²) in [5.41, 5.74) is -0.385. The third-order valence-corrected chi connectivity index (χ3v) is 3.03. The molecular weight excluding hydrogens is 231 g/mol. The highest BCUT2D eigenvalue weighted by Gasteiger charge is 2.31. The first-order valence-corrected chi connectivity index (χ1v) is 5.55. The van der Waals surface area contributed by atoms with Gasteiger partial charge in [-0.1, -0.05) is 12.1 Å². The van der Waals surface area contributed by atoms with E-state index in [1.165, 1.54) is 12.1 Å². The van der Waals surface area contributed by atoms with E-state index in [1.54, 1.807) is 0 Å². The van der Waals surface area contributed by atoms with Crippen LogP contribution in [0.15, 0.2) is 24.3 Å². The molecule has 0 bridgehead atoms. The molecule has 1 aromatic carbocycles. The van der Waals surface area contributed by atoms with Gasteiger partial charge < -0.3 is 10.4 Å². The zero-order chi connectivity index (χ0) is 12.5. The Morgan fingerprint density at radius 1 is 1.41 bits per heavy atom. The number of benzene rings is 1. The summed E-state index contributed by atoms with van der Waals surface area (Å²) in [6, 6.07) is 5.11. The molecule has 1 saturated heterocycles. The van der Waals surface area contributed by atoms with E-state index in [9.17, 15) is 18.3 Å². The summed E-state index contributed by atoms with van der Waals surface area (Å²) < 4.78 is 37.4. The molecule has 0 spiro atoms. The molecule has 0 amide bonds. The highest BCUT2D eigenvalue weighted by atomic mass is 19.4. The van der Waals surface area contributed by atoms with E-state index >= 15 is 0 Å². The van der Waals surface area contributed by atoms with E-state index in [-0.39, 0.29) is 6.04 Å². The van der Waals surface area contributed by atoms with Crippen LogP contribution in [0.2, 0.25) is 0 Å². The average molecular weight is 245 g/mol. The molecular formula is C12H14F3NO. The van der Waals surface area contributed by atoms with Gasteiger partial charge in [0.2, 0.25) is 0 Å². The lowest BCUT2D eigenvalue weighted by Gasteiger charge is -2.29. The molecule has 2 unspecified atom stereocenters. The Hall–Kier alpha value is -1.07. The Kier molecular flexibility index (Phi) is 3.40. The molecule has 0 saturated carbocycles. The fraction of sp³-hybridized carbons (Fsp3) is 0.500. The van der Waals surface area contributed by atoms with Crippen molar-refractivity contribution in [2.45, 2.75) is 31.2 Å². The van der Waals surface area contributed by atoms with Gasteiger partial charge in [0.05, 0.1) is 11.7 Å². The Balaban J connectivity index is 2.09. The van der Waals surface area contributed by atoms with E-state index in [0.29, 0.717) is 12.0 Å². The van der Waals surface area contributed by atoms with Crippen molar-refractivity contribution in [3.8, 4) is 0 Å². The number of aliphatic hydroxyl groups excluding tert-OH is 1. The fourth-order valence-corrected chi connectivity index (χ4v) is 1.88. The third kappa shape index (κ3) is 2.98. The van der Waals surface area contributed by atoms with Gasteiger partial charge in [0.15, 0.2) is 0 Å². The molecule has 1 aliphatic heterocycles. The number of halogens is 3. The molecule has 2 rings (SSSR count). The molecule has 5 heteroatoms. The maximum atomic E-state index is 12.5. The van der Waals surface area contributed by atoms with Gasteiger partial charge in [0.25, 0.3) is 0 Å². The largest absolute Gasteiger partial charge is 0.416 e. The smallest absolute Gasteiger partial charge is 0.388 e. The molecule has 0 aliphatic carbocycles. The van der Waals surface area contributed by atoms with Crippen molar-refractivity contribution in [1.29, 1.82) is 0 Å². The maximum absolute atomic E-state index is 12.5. The van der Waals surface area contributed by atoms with E-state index in [0.717, 1.165) is 25.1 Å². The number of alkyl halides is 3. The normalized spacial score (nSPS) is 22.0. The van der Waals surface area contributed by atoms with Crippen molar-refractivity contribution in [3.63, 3.8) is 0 Å². The van der Waals surface area contributed by atoms with Gasteiger partial charge in [-0.2, -0.15) is 13.2 Å². The Morgan fingerprint density at radius 3 is 2.65 bits per heavy atom. The summed E-state index contributed by atoms with van der Waals surface area (Å²) in [7, 11) is 0. The molecule has 2 atom stereocenters. The molecule has 2 nitrogen and oxygen atoms in total. The highest BCUT2D eigenvalue weighted by molar-refractivity contribution is 5.27. The van der Waals surface area contributed by atoms with Gasteiger partial charge in [0.1, 0.15) is 0 Å². The monoisotopic (exact) mass is 245 g/mol. The van der Waals surface area contributed by atoms with Crippen LogP contribution in [0.5, 0.6) is 0 Å². The zero-order valence-corrected chi connectivity index (χ0v) is 9.17. The summed E-state index contributed by atoms with van der Waals surface area (Å²) in [6.07, 6.45) is -3.77. The van der Waals surface area contributed by atoms with Gasteiger partial charge in [-0.05, 0) is 37.1 Å². The molecule has 1 aliphatic rings. The minimum absolute atomic E-state index is 0.222. The standard InChI is InChI=1S/C12H14F3NO/c13-12(14,15)9-3-1-2-8(6-9)11(17)7-10-4-5-16-10/h1-3,6,10-11,16-17H,4-5,7H2. The highest BCUT2D eigenvalue weighted by Crippen LogP contribution is 2.31. The molecule has 94 valence electrons. The topological polar surface area (TPSA) is 32.3 Å². The van der Waals surface area contributed by atoms with Gasteiger partial charge in [0, 0.05) is 6.04 Å². The van der Waals surface area contributed by atoms with Gasteiger partial charge >= 0.3 is 6.18 Å². The van der Waals surface area contributed by atoms with E-state index in [1.807, 2.05) is 0 Å². The van der Waals surface area contributed by atoms with Crippen LogP contribution in [0.1, 0.15) is 30.1 Å². The second-order valence-corrected chi connectivity index (χ2v) is 4.31. The number of hydrogen-bond acceptors (Lipinski definition) is 2. The lowest BCUT2D eigenvalue weighted by atomic mass is 9.95. The molecule has 1 heterocycles. The zero-order valence-electron chi connectivity index (χ0n) is 9.17. The Bertz CT molecular complexity index is 388. The number of rotatable bonds is 3. The quantitative estimate of drug-likeness (QED) is 0.857. The van der Waals surface area contributed by atoms with Crippen LogP contribution < -0.4 is 5.32 Å². The molecule has 0 radical (unpaired) electrons. The predicted molar refractivity (Wildman–Crippen MR) is 57.4 cm³/mol.